The van der Waals surface area contributed by atoms with Crippen LogP contribution in [0, 0.1) is 0 Å². The lowest BCUT2D eigenvalue weighted by Gasteiger charge is -2.32. The van der Waals surface area contributed by atoms with Crippen molar-refractivity contribution in [3.05, 3.63) is 125 Å². The average molecular weight is 471 g/mol. The lowest BCUT2D eigenvalue weighted by atomic mass is 9.72. The van der Waals surface area contributed by atoms with Gasteiger partial charge in [-0.1, -0.05) is 113 Å². The van der Waals surface area contributed by atoms with Crippen LogP contribution >= 0.6 is 0 Å². The van der Waals surface area contributed by atoms with Gasteiger partial charge >= 0.3 is 0 Å². The van der Waals surface area contributed by atoms with E-state index in [-0.39, 0.29) is 15.7 Å². The van der Waals surface area contributed by atoms with Gasteiger partial charge in [-0.05, 0) is 51.6 Å². The molecule has 4 aromatic rings. The van der Waals surface area contributed by atoms with Crippen molar-refractivity contribution in [1.29, 1.82) is 0 Å². The van der Waals surface area contributed by atoms with Gasteiger partial charge in [0.25, 0.3) is 10.1 Å². The molecule has 0 bridgehead atoms. The van der Waals surface area contributed by atoms with E-state index in [4.69, 9.17) is 0 Å². The summed E-state index contributed by atoms with van der Waals surface area (Å²) in [4.78, 5) is -0.110. The predicted molar refractivity (Wildman–Crippen MR) is 139 cm³/mol. The van der Waals surface area contributed by atoms with E-state index in [0.29, 0.717) is 0 Å². The molecule has 4 heteroatoms. The first-order valence-electron chi connectivity index (χ1n) is 11.4. The van der Waals surface area contributed by atoms with Gasteiger partial charge in [0.05, 0.1) is 4.90 Å². The zero-order valence-corrected chi connectivity index (χ0v) is 20.8. The van der Waals surface area contributed by atoms with Crippen molar-refractivity contribution in [2.75, 3.05) is 0 Å². The molecule has 4 rings (SSSR count). The van der Waals surface area contributed by atoms with Gasteiger partial charge in [0.15, 0.2) is 0 Å². The first kappa shape index (κ1) is 23.9. The van der Waals surface area contributed by atoms with Crippen LogP contribution in [-0.4, -0.2) is 13.0 Å². The monoisotopic (exact) mass is 470 g/mol. The molecule has 0 heterocycles. The van der Waals surface area contributed by atoms with Crippen molar-refractivity contribution >= 4 is 10.1 Å². The van der Waals surface area contributed by atoms with Gasteiger partial charge in [-0.25, -0.2) is 0 Å². The van der Waals surface area contributed by atoms with Crippen LogP contribution in [0.15, 0.2) is 108 Å². The molecular formula is C30H30O3S. The quantitative estimate of drug-likeness (QED) is 0.302. The van der Waals surface area contributed by atoms with Crippen molar-refractivity contribution in [2.45, 2.75) is 43.4 Å². The Labute approximate surface area is 202 Å². The second kappa shape index (κ2) is 8.86. The standard InChI is InChI=1S/C30H30O3S/c1-29(2,23-13-7-5-8-14-23)25-18-19-28(30(3,4)24-15-9-6-10-16-24)27(21-25)22-12-11-17-26(20-22)34(31,32)33/h5-21H,1-4H3,(H,31,32,33). The van der Waals surface area contributed by atoms with E-state index in [1.165, 1.54) is 11.6 Å². The Bertz CT molecular complexity index is 1400. The third-order valence-electron chi connectivity index (χ3n) is 6.85. The number of rotatable bonds is 6. The van der Waals surface area contributed by atoms with Gasteiger partial charge in [-0.3, -0.25) is 4.55 Å². The van der Waals surface area contributed by atoms with Crippen molar-refractivity contribution in [1.82, 2.24) is 0 Å². The summed E-state index contributed by atoms with van der Waals surface area (Å²) in [6.07, 6.45) is 0. The van der Waals surface area contributed by atoms with Gasteiger partial charge < -0.3 is 0 Å². The minimum atomic E-state index is -4.32. The van der Waals surface area contributed by atoms with E-state index in [1.807, 2.05) is 42.5 Å². The molecule has 0 radical (unpaired) electrons. The molecular weight excluding hydrogens is 440 g/mol. The van der Waals surface area contributed by atoms with E-state index in [1.54, 1.807) is 12.1 Å². The fraction of sp³-hybridized carbons (Fsp3) is 0.200. The number of hydrogen-bond donors (Lipinski definition) is 1. The maximum atomic E-state index is 11.9. The lowest BCUT2D eigenvalue weighted by molar-refractivity contribution is 0.483. The maximum absolute atomic E-state index is 11.9. The summed E-state index contributed by atoms with van der Waals surface area (Å²) in [5, 5.41) is 0. The normalized spacial score (nSPS) is 12.5. The van der Waals surface area contributed by atoms with Crippen molar-refractivity contribution in [3.63, 3.8) is 0 Å². The molecule has 0 amide bonds. The summed E-state index contributed by atoms with van der Waals surface area (Å²) in [5.41, 5.74) is 5.67. The number of hydrogen-bond acceptors (Lipinski definition) is 2. The Kier molecular flexibility index (Phi) is 6.24. The van der Waals surface area contributed by atoms with Crippen LogP contribution in [0.2, 0.25) is 0 Å². The Morgan fingerprint density at radius 2 is 1.15 bits per heavy atom. The molecule has 0 aliphatic rings. The van der Waals surface area contributed by atoms with E-state index in [9.17, 15) is 13.0 Å². The second-order valence-corrected chi connectivity index (χ2v) is 11.2. The molecule has 0 spiro atoms. The van der Waals surface area contributed by atoms with Gasteiger partial charge in [0.1, 0.15) is 0 Å². The lowest BCUT2D eigenvalue weighted by Crippen LogP contribution is -2.22. The summed E-state index contributed by atoms with van der Waals surface area (Å²) in [6, 6.07) is 33.7. The highest BCUT2D eigenvalue weighted by atomic mass is 32.2. The maximum Gasteiger partial charge on any atom is 0.294 e. The molecule has 0 unspecified atom stereocenters. The summed E-state index contributed by atoms with van der Waals surface area (Å²) in [5.74, 6) is 0. The third kappa shape index (κ3) is 4.56. The highest BCUT2D eigenvalue weighted by Crippen LogP contribution is 2.42. The van der Waals surface area contributed by atoms with Crippen LogP contribution in [0.4, 0.5) is 0 Å². The van der Waals surface area contributed by atoms with E-state index < -0.39 is 10.1 Å². The van der Waals surface area contributed by atoms with E-state index in [2.05, 4.69) is 70.2 Å². The van der Waals surface area contributed by atoms with Crippen LogP contribution in [0.25, 0.3) is 11.1 Å². The molecule has 1 N–H and O–H groups in total. The topological polar surface area (TPSA) is 54.4 Å². The van der Waals surface area contributed by atoms with Crippen LogP contribution in [-0.2, 0) is 20.9 Å². The molecule has 0 atom stereocenters. The Morgan fingerprint density at radius 3 is 1.71 bits per heavy atom. The first-order valence-corrected chi connectivity index (χ1v) is 12.8. The van der Waals surface area contributed by atoms with E-state index in [0.717, 1.165) is 27.8 Å². The van der Waals surface area contributed by atoms with Gasteiger partial charge in [0, 0.05) is 10.8 Å². The van der Waals surface area contributed by atoms with E-state index >= 15 is 0 Å². The molecule has 0 saturated heterocycles. The van der Waals surface area contributed by atoms with Crippen LogP contribution < -0.4 is 0 Å². The van der Waals surface area contributed by atoms with Crippen LogP contribution in [0.1, 0.15) is 49.9 Å². The molecule has 174 valence electrons. The van der Waals surface area contributed by atoms with Crippen molar-refractivity contribution in [2.24, 2.45) is 0 Å². The molecule has 0 aliphatic carbocycles. The third-order valence-corrected chi connectivity index (χ3v) is 7.70. The Hall–Kier alpha value is -3.21. The van der Waals surface area contributed by atoms with Crippen LogP contribution in [0.3, 0.4) is 0 Å². The summed E-state index contributed by atoms with van der Waals surface area (Å²) in [6.45, 7) is 8.74. The molecule has 0 saturated carbocycles. The minimum Gasteiger partial charge on any atom is -0.282 e. The smallest absolute Gasteiger partial charge is 0.282 e. The van der Waals surface area contributed by atoms with Gasteiger partial charge in [-0.2, -0.15) is 8.42 Å². The first-order chi connectivity index (χ1) is 16.0. The fourth-order valence-corrected chi connectivity index (χ4v) is 5.10. The van der Waals surface area contributed by atoms with Crippen molar-refractivity contribution in [3.8, 4) is 11.1 Å². The summed E-state index contributed by atoms with van der Waals surface area (Å²) in [7, 11) is -4.32. The largest absolute Gasteiger partial charge is 0.294 e. The zero-order valence-electron chi connectivity index (χ0n) is 20.0. The molecule has 4 aromatic carbocycles. The Morgan fingerprint density at radius 1 is 0.588 bits per heavy atom. The average Bonchev–Trinajstić information content (AvgIpc) is 2.84. The summed E-state index contributed by atoms with van der Waals surface area (Å²) < 4.78 is 33.4. The molecule has 0 aromatic heterocycles. The zero-order chi connectivity index (χ0) is 24.6. The predicted octanol–water partition coefficient (Wildman–Crippen LogP) is 7.25. The molecule has 34 heavy (non-hydrogen) atoms. The van der Waals surface area contributed by atoms with Gasteiger partial charge in [-0.15, -0.1) is 0 Å². The minimum absolute atomic E-state index is 0.110. The van der Waals surface area contributed by atoms with Gasteiger partial charge in [0.2, 0.25) is 0 Å². The summed E-state index contributed by atoms with van der Waals surface area (Å²) >= 11 is 0. The molecule has 0 aliphatic heterocycles. The molecule has 3 nitrogen and oxygen atoms in total. The SMILES string of the molecule is CC(C)(c1ccccc1)c1ccc(C(C)(C)c2ccccc2)c(-c2cccc(S(=O)(=O)O)c2)c1. The highest BCUT2D eigenvalue weighted by molar-refractivity contribution is 7.85. The highest BCUT2D eigenvalue weighted by Gasteiger charge is 2.29. The molecule has 0 fully saturated rings. The van der Waals surface area contributed by atoms with Crippen molar-refractivity contribution < 1.29 is 13.0 Å². The van der Waals surface area contributed by atoms with Crippen LogP contribution in [0.5, 0.6) is 0 Å². The number of benzene rings is 4. The second-order valence-electron chi connectivity index (χ2n) is 9.75. The Balaban J connectivity index is 1.97. The fourth-order valence-electron chi connectivity index (χ4n) is 4.57.